The van der Waals surface area contributed by atoms with Gasteiger partial charge in [-0.15, -0.1) is 11.3 Å². The lowest BCUT2D eigenvalue weighted by Crippen LogP contribution is -2.45. The van der Waals surface area contributed by atoms with Crippen LogP contribution in [0.1, 0.15) is 49.6 Å². The molecule has 1 atom stereocenters. The maximum Gasteiger partial charge on any atom is 0.226 e. The average Bonchev–Trinajstić information content (AvgIpc) is 3.04. The van der Waals surface area contributed by atoms with Crippen molar-refractivity contribution in [2.75, 3.05) is 25.5 Å². The highest BCUT2D eigenvalue weighted by Crippen LogP contribution is 2.38. The highest BCUT2D eigenvalue weighted by Gasteiger charge is 2.28. The molecule has 2 N–H and O–H groups in total. The van der Waals surface area contributed by atoms with E-state index in [2.05, 4.69) is 32.2 Å². The largest absolute Gasteiger partial charge is 0.395 e. The summed E-state index contributed by atoms with van der Waals surface area (Å²) in [5, 5.41) is 22.6. The van der Waals surface area contributed by atoms with Crippen LogP contribution in [0.3, 0.4) is 0 Å². The van der Waals surface area contributed by atoms with Crippen molar-refractivity contribution >= 4 is 22.2 Å². The zero-order valence-corrected chi connectivity index (χ0v) is 15.8. The van der Waals surface area contributed by atoms with Gasteiger partial charge in [0.2, 0.25) is 5.91 Å². The number of fused-ring (bicyclic) bond motifs is 1. The van der Waals surface area contributed by atoms with E-state index in [1.54, 1.807) is 11.3 Å². The molecule has 1 aromatic heterocycles. The molecule has 1 heterocycles. The Balaban J connectivity index is 1.94. The molecular weight excluding hydrogens is 322 g/mol. The number of carbonyl (C=O) groups is 1. The molecule has 0 aromatic carbocycles. The summed E-state index contributed by atoms with van der Waals surface area (Å²) in [6.45, 7) is 6.88. The van der Waals surface area contributed by atoms with Gasteiger partial charge < -0.3 is 15.3 Å². The first kappa shape index (κ1) is 18.9. The van der Waals surface area contributed by atoms with Crippen molar-refractivity contribution < 1.29 is 9.90 Å². The van der Waals surface area contributed by atoms with Crippen LogP contribution < -0.4 is 5.32 Å². The molecule has 2 rings (SSSR count). The van der Waals surface area contributed by atoms with Gasteiger partial charge >= 0.3 is 0 Å². The minimum absolute atomic E-state index is 0.00510. The van der Waals surface area contributed by atoms with E-state index in [1.165, 1.54) is 4.88 Å². The summed E-state index contributed by atoms with van der Waals surface area (Å²) in [5.74, 6) is -0.0797. The van der Waals surface area contributed by atoms with Crippen molar-refractivity contribution in [2.24, 2.45) is 5.41 Å². The lowest BCUT2D eigenvalue weighted by molar-refractivity contribution is -0.116. The van der Waals surface area contributed by atoms with Crippen LogP contribution >= 0.6 is 11.3 Å². The van der Waals surface area contributed by atoms with Gasteiger partial charge in [-0.1, -0.05) is 20.8 Å². The summed E-state index contributed by atoms with van der Waals surface area (Å²) < 4.78 is 0. The summed E-state index contributed by atoms with van der Waals surface area (Å²) in [5.41, 5.74) is 1.72. The fraction of sp³-hybridized carbons (Fsp3) is 0.667. The van der Waals surface area contributed by atoms with E-state index < -0.39 is 0 Å². The Bertz CT molecular complexity index is 640. The lowest BCUT2D eigenvalue weighted by Gasteiger charge is -2.36. The minimum atomic E-state index is -0.0797. The molecule has 0 fully saturated rings. The maximum absolute atomic E-state index is 12.3. The van der Waals surface area contributed by atoms with Gasteiger partial charge in [0.1, 0.15) is 11.1 Å². The number of aliphatic hydroxyl groups is 1. The van der Waals surface area contributed by atoms with E-state index in [4.69, 9.17) is 0 Å². The highest BCUT2D eigenvalue weighted by molar-refractivity contribution is 7.16. The molecule has 1 unspecified atom stereocenters. The molecule has 0 aliphatic heterocycles. The molecule has 1 aliphatic rings. The van der Waals surface area contributed by atoms with Crippen molar-refractivity contribution in [1.29, 1.82) is 5.26 Å². The first-order valence-corrected chi connectivity index (χ1v) is 9.25. The smallest absolute Gasteiger partial charge is 0.226 e. The number of nitrogens with zero attached hydrogens (tertiary/aromatic N) is 2. The van der Waals surface area contributed by atoms with Crippen LogP contribution in [-0.2, 0) is 17.6 Å². The minimum Gasteiger partial charge on any atom is -0.395 e. The van der Waals surface area contributed by atoms with Crippen molar-refractivity contribution in [2.45, 2.75) is 52.5 Å². The number of hydrogen-bond acceptors (Lipinski definition) is 5. The van der Waals surface area contributed by atoms with Crippen LogP contribution in [0.2, 0.25) is 0 Å². The second-order valence-electron chi connectivity index (χ2n) is 7.52. The van der Waals surface area contributed by atoms with E-state index in [0.717, 1.165) is 24.8 Å². The number of nitrogens with one attached hydrogen (secondary N) is 1. The molecule has 5 nitrogen and oxygen atoms in total. The van der Waals surface area contributed by atoms with E-state index in [0.29, 0.717) is 23.5 Å². The van der Waals surface area contributed by atoms with Crippen LogP contribution in [0, 0.1) is 16.7 Å². The molecule has 0 saturated heterocycles. The third kappa shape index (κ3) is 4.15. The number of nitriles is 1. The number of likely N-dealkylation sites (N-methyl/N-ethyl adjacent to an activating group) is 1. The van der Waals surface area contributed by atoms with Gasteiger partial charge in [0, 0.05) is 23.9 Å². The van der Waals surface area contributed by atoms with Gasteiger partial charge in [0.15, 0.2) is 0 Å². The van der Waals surface area contributed by atoms with E-state index in [-0.39, 0.29) is 24.0 Å². The van der Waals surface area contributed by atoms with Gasteiger partial charge in [-0.2, -0.15) is 5.26 Å². The second kappa shape index (κ2) is 7.64. The summed E-state index contributed by atoms with van der Waals surface area (Å²) in [7, 11) is 1.93. The van der Waals surface area contributed by atoms with Gasteiger partial charge in [0.25, 0.3) is 0 Å². The van der Waals surface area contributed by atoms with Crippen LogP contribution in [-0.4, -0.2) is 42.2 Å². The topological polar surface area (TPSA) is 76.4 Å². The molecule has 0 saturated carbocycles. The molecule has 1 aromatic rings. The quantitative estimate of drug-likeness (QED) is 0.828. The van der Waals surface area contributed by atoms with Crippen LogP contribution in [0.25, 0.3) is 0 Å². The molecule has 1 amide bonds. The van der Waals surface area contributed by atoms with Crippen molar-refractivity contribution in [1.82, 2.24) is 4.90 Å². The van der Waals surface area contributed by atoms with Crippen LogP contribution in [0.4, 0.5) is 5.00 Å². The Hall–Kier alpha value is -1.42. The number of anilines is 1. The Morgan fingerprint density at radius 1 is 1.46 bits per heavy atom. The van der Waals surface area contributed by atoms with Gasteiger partial charge in [-0.05, 0) is 37.3 Å². The molecule has 6 heteroatoms. The highest BCUT2D eigenvalue weighted by atomic mass is 32.1. The van der Waals surface area contributed by atoms with Gasteiger partial charge in [0.05, 0.1) is 12.2 Å². The standard InChI is InChI=1S/C18H27N3O2S/c1-18(2,3)15(11-22)21(4)9-8-16(23)20-17-13(10-19)12-6-5-7-14(12)24-17/h15,22H,5-9,11H2,1-4H3,(H,20,23). The number of hydrogen-bond donors (Lipinski definition) is 2. The first-order chi connectivity index (χ1) is 11.3. The zero-order valence-electron chi connectivity index (χ0n) is 15.0. The number of carbonyl (C=O) groups excluding carboxylic acids is 1. The van der Waals surface area contributed by atoms with Gasteiger partial charge in [-0.3, -0.25) is 4.79 Å². The molecule has 1 aliphatic carbocycles. The molecule has 0 radical (unpaired) electrons. The first-order valence-electron chi connectivity index (χ1n) is 8.43. The third-order valence-corrected chi connectivity index (χ3v) is 5.89. The molecule has 0 spiro atoms. The number of aryl methyl sites for hydroxylation is 1. The fourth-order valence-corrected chi connectivity index (χ4v) is 4.56. The van der Waals surface area contributed by atoms with Crippen molar-refractivity contribution in [3.05, 3.63) is 16.0 Å². The van der Waals surface area contributed by atoms with E-state index in [1.807, 2.05) is 11.9 Å². The predicted molar refractivity (Wildman–Crippen MR) is 97.3 cm³/mol. The molecule has 0 bridgehead atoms. The Morgan fingerprint density at radius 2 is 2.17 bits per heavy atom. The predicted octanol–water partition coefficient (Wildman–Crippen LogP) is 2.78. The summed E-state index contributed by atoms with van der Waals surface area (Å²) in [6, 6.07) is 2.25. The van der Waals surface area contributed by atoms with Crippen LogP contribution in [0.15, 0.2) is 0 Å². The monoisotopic (exact) mass is 349 g/mol. The van der Waals surface area contributed by atoms with Crippen molar-refractivity contribution in [3.8, 4) is 6.07 Å². The van der Waals surface area contributed by atoms with Crippen LogP contribution in [0.5, 0.6) is 0 Å². The zero-order chi connectivity index (χ0) is 17.9. The van der Waals surface area contributed by atoms with E-state index in [9.17, 15) is 15.2 Å². The Morgan fingerprint density at radius 3 is 2.75 bits per heavy atom. The number of amides is 1. The Kier molecular flexibility index (Phi) is 6.02. The van der Waals surface area contributed by atoms with E-state index >= 15 is 0 Å². The molecular formula is C18H27N3O2S. The fourth-order valence-electron chi connectivity index (χ4n) is 3.31. The molecule has 24 heavy (non-hydrogen) atoms. The summed E-state index contributed by atoms with van der Waals surface area (Å²) in [4.78, 5) is 15.5. The number of thiophene rings is 1. The Labute approximate surface area is 148 Å². The summed E-state index contributed by atoms with van der Waals surface area (Å²) >= 11 is 1.54. The SMILES string of the molecule is CN(CCC(=O)Nc1sc2c(c1C#N)CCC2)C(CO)C(C)(C)C. The van der Waals surface area contributed by atoms with Crippen molar-refractivity contribution in [3.63, 3.8) is 0 Å². The normalized spacial score (nSPS) is 15.2. The van der Waals surface area contributed by atoms with Gasteiger partial charge in [-0.25, -0.2) is 0 Å². The average molecular weight is 350 g/mol. The third-order valence-electron chi connectivity index (χ3n) is 4.68. The molecule has 132 valence electrons. The number of aliphatic hydroxyl groups excluding tert-OH is 1. The number of rotatable bonds is 6. The maximum atomic E-state index is 12.3. The lowest BCUT2D eigenvalue weighted by atomic mass is 9.86. The summed E-state index contributed by atoms with van der Waals surface area (Å²) in [6.07, 6.45) is 3.40. The second-order valence-corrected chi connectivity index (χ2v) is 8.62.